The molecule has 0 radical (unpaired) electrons. The van der Waals surface area contributed by atoms with Gasteiger partial charge in [0.05, 0.1) is 5.60 Å². The first-order valence-corrected chi connectivity index (χ1v) is 10.2. The monoisotopic (exact) mass is 312 g/mol. The summed E-state index contributed by atoms with van der Waals surface area (Å²) in [6, 6.07) is 1.49. The van der Waals surface area contributed by atoms with Crippen molar-refractivity contribution in [2.24, 2.45) is 0 Å². The maximum Gasteiger partial charge on any atom is 0.0713 e. The summed E-state index contributed by atoms with van der Waals surface area (Å²) in [5, 5.41) is 3.68. The van der Waals surface area contributed by atoms with Crippen LogP contribution >= 0.6 is 11.8 Å². The van der Waals surface area contributed by atoms with E-state index in [-0.39, 0.29) is 5.60 Å². The fraction of sp³-hybridized carbons (Fsp3) is 1.00. The molecule has 1 spiro atoms. The first kappa shape index (κ1) is 16.1. The van der Waals surface area contributed by atoms with Crippen molar-refractivity contribution in [3.8, 4) is 0 Å². The van der Waals surface area contributed by atoms with Gasteiger partial charge in [0.15, 0.2) is 0 Å². The van der Waals surface area contributed by atoms with Crippen LogP contribution in [-0.2, 0) is 4.74 Å². The van der Waals surface area contributed by atoms with Crippen LogP contribution in [-0.4, -0.2) is 60.3 Å². The van der Waals surface area contributed by atoms with E-state index in [1.807, 2.05) is 0 Å². The molecule has 122 valence electrons. The molecular formula is C17H32N2OS. The van der Waals surface area contributed by atoms with Crippen molar-refractivity contribution >= 4 is 11.8 Å². The molecule has 1 N–H and O–H groups in total. The summed E-state index contributed by atoms with van der Waals surface area (Å²) in [5.74, 6) is 2.59. The molecule has 0 saturated carbocycles. The van der Waals surface area contributed by atoms with E-state index < -0.39 is 0 Å². The smallest absolute Gasteiger partial charge is 0.0713 e. The minimum atomic E-state index is 0.225. The first-order chi connectivity index (χ1) is 10.3. The number of ether oxygens (including phenoxy) is 1. The molecular weight excluding hydrogens is 280 g/mol. The molecule has 0 aromatic heterocycles. The summed E-state index contributed by atoms with van der Waals surface area (Å²) in [6.45, 7) is 7.03. The highest BCUT2D eigenvalue weighted by atomic mass is 32.2. The second-order valence-corrected chi connectivity index (χ2v) is 8.30. The molecule has 3 aliphatic heterocycles. The quantitative estimate of drug-likeness (QED) is 0.844. The zero-order chi connectivity index (χ0) is 14.5. The zero-order valence-electron chi connectivity index (χ0n) is 13.6. The summed E-state index contributed by atoms with van der Waals surface area (Å²) < 4.78 is 6.28. The van der Waals surface area contributed by atoms with E-state index in [1.54, 1.807) is 0 Å². The van der Waals surface area contributed by atoms with Gasteiger partial charge in [0.2, 0.25) is 0 Å². The second-order valence-electron chi connectivity index (χ2n) is 7.08. The van der Waals surface area contributed by atoms with E-state index in [4.69, 9.17) is 4.74 Å². The molecule has 3 rings (SSSR count). The van der Waals surface area contributed by atoms with Crippen molar-refractivity contribution < 1.29 is 4.74 Å². The zero-order valence-corrected chi connectivity index (χ0v) is 14.4. The van der Waals surface area contributed by atoms with E-state index in [0.717, 1.165) is 18.7 Å². The average Bonchev–Trinajstić information content (AvgIpc) is 3.01. The third-order valence-electron chi connectivity index (χ3n) is 5.52. The van der Waals surface area contributed by atoms with Crippen LogP contribution in [0, 0.1) is 0 Å². The molecule has 2 atom stereocenters. The van der Waals surface area contributed by atoms with Gasteiger partial charge in [-0.25, -0.2) is 0 Å². The summed E-state index contributed by atoms with van der Waals surface area (Å²) >= 11 is 2.10. The normalized spacial score (nSPS) is 32.9. The third-order valence-corrected chi connectivity index (χ3v) is 6.50. The van der Waals surface area contributed by atoms with E-state index in [0.29, 0.717) is 0 Å². The molecule has 4 heteroatoms. The van der Waals surface area contributed by atoms with Crippen molar-refractivity contribution in [1.82, 2.24) is 10.2 Å². The Labute approximate surface area is 134 Å². The lowest BCUT2D eigenvalue weighted by atomic mass is 9.84. The Hall–Kier alpha value is 0.230. The summed E-state index contributed by atoms with van der Waals surface area (Å²) in [7, 11) is 0. The van der Waals surface area contributed by atoms with Gasteiger partial charge in [-0.3, -0.25) is 4.90 Å². The number of rotatable bonds is 5. The molecule has 0 aliphatic carbocycles. The number of nitrogens with zero attached hydrogens (tertiary/aromatic N) is 1. The highest BCUT2D eigenvalue weighted by Gasteiger charge is 2.40. The highest BCUT2D eigenvalue weighted by molar-refractivity contribution is 7.99. The van der Waals surface area contributed by atoms with Crippen molar-refractivity contribution in [1.29, 1.82) is 0 Å². The van der Waals surface area contributed by atoms with Gasteiger partial charge < -0.3 is 10.1 Å². The van der Waals surface area contributed by atoms with Crippen LogP contribution in [0.4, 0.5) is 0 Å². The Bertz CT molecular complexity index is 308. The van der Waals surface area contributed by atoms with E-state index in [2.05, 4.69) is 28.9 Å². The van der Waals surface area contributed by atoms with Crippen LogP contribution in [0.3, 0.4) is 0 Å². The maximum absolute atomic E-state index is 6.28. The van der Waals surface area contributed by atoms with Gasteiger partial charge in [-0.1, -0.05) is 6.92 Å². The lowest BCUT2D eigenvalue weighted by molar-refractivity contribution is -0.111. The van der Waals surface area contributed by atoms with E-state index >= 15 is 0 Å². The van der Waals surface area contributed by atoms with Gasteiger partial charge in [0.1, 0.15) is 0 Å². The van der Waals surface area contributed by atoms with Crippen LogP contribution in [0.5, 0.6) is 0 Å². The molecule has 3 aliphatic rings. The van der Waals surface area contributed by atoms with Gasteiger partial charge >= 0.3 is 0 Å². The average molecular weight is 313 g/mol. The molecule has 0 amide bonds. The van der Waals surface area contributed by atoms with Crippen LogP contribution in [0.1, 0.15) is 51.9 Å². The maximum atomic E-state index is 6.28. The Balaban J connectivity index is 1.60. The van der Waals surface area contributed by atoms with Crippen LogP contribution < -0.4 is 5.32 Å². The predicted molar refractivity (Wildman–Crippen MR) is 91.2 cm³/mol. The van der Waals surface area contributed by atoms with Gasteiger partial charge in [-0.05, 0) is 69.5 Å². The minimum absolute atomic E-state index is 0.225. The molecule has 2 unspecified atom stereocenters. The van der Waals surface area contributed by atoms with Crippen LogP contribution in [0.15, 0.2) is 0 Å². The lowest BCUT2D eigenvalue weighted by Gasteiger charge is -2.47. The molecule has 3 heterocycles. The Morgan fingerprint density at radius 2 is 2.14 bits per heavy atom. The van der Waals surface area contributed by atoms with E-state index in [9.17, 15) is 0 Å². The number of nitrogens with one attached hydrogen (secondary N) is 1. The standard InChI is InChI=1S/C17H32N2OS/c1-2-9-19(14-15-4-3-8-18-15)16-5-10-20-17(13-16)6-11-21-12-7-17/h15-16,18H,2-14H2,1H3. The van der Waals surface area contributed by atoms with Crippen molar-refractivity contribution in [2.45, 2.75) is 69.6 Å². The first-order valence-electron chi connectivity index (χ1n) is 9.00. The van der Waals surface area contributed by atoms with Gasteiger partial charge in [-0.15, -0.1) is 0 Å². The number of hydrogen-bond donors (Lipinski definition) is 1. The molecule has 21 heavy (non-hydrogen) atoms. The molecule has 0 aromatic carbocycles. The minimum Gasteiger partial charge on any atom is -0.375 e. The number of thioether (sulfide) groups is 1. The van der Waals surface area contributed by atoms with Crippen LogP contribution in [0.2, 0.25) is 0 Å². The van der Waals surface area contributed by atoms with Crippen molar-refractivity contribution in [3.63, 3.8) is 0 Å². The molecule has 3 nitrogen and oxygen atoms in total. The van der Waals surface area contributed by atoms with Gasteiger partial charge in [0.25, 0.3) is 0 Å². The topological polar surface area (TPSA) is 24.5 Å². The fourth-order valence-electron chi connectivity index (χ4n) is 4.31. The van der Waals surface area contributed by atoms with E-state index in [1.165, 1.54) is 76.1 Å². The third kappa shape index (κ3) is 4.15. The molecule has 3 fully saturated rings. The number of hydrogen-bond acceptors (Lipinski definition) is 4. The lowest BCUT2D eigenvalue weighted by Crippen LogP contribution is -2.52. The van der Waals surface area contributed by atoms with Gasteiger partial charge in [-0.2, -0.15) is 11.8 Å². The molecule has 0 aromatic rings. The summed E-state index contributed by atoms with van der Waals surface area (Å²) in [5.41, 5.74) is 0.225. The van der Waals surface area contributed by atoms with Crippen molar-refractivity contribution in [3.05, 3.63) is 0 Å². The highest BCUT2D eigenvalue weighted by Crippen LogP contribution is 2.39. The second kappa shape index (κ2) is 7.67. The summed E-state index contributed by atoms with van der Waals surface area (Å²) in [6.07, 6.45) is 9.06. The Kier molecular flexibility index (Phi) is 5.88. The Morgan fingerprint density at radius 3 is 2.86 bits per heavy atom. The molecule has 3 saturated heterocycles. The fourth-order valence-corrected chi connectivity index (χ4v) is 5.55. The van der Waals surface area contributed by atoms with Crippen LogP contribution in [0.25, 0.3) is 0 Å². The SMILES string of the molecule is CCCN(CC1CCCN1)C1CCOC2(CCSCC2)C1. The Morgan fingerprint density at radius 1 is 1.29 bits per heavy atom. The largest absolute Gasteiger partial charge is 0.375 e. The summed E-state index contributed by atoms with van der Waals surface area (Å²) in [4.78, 5) is 2.79. The molecule has 0 bridgehead atoms. The predicted octanol–water partition coefficient (Wildman–Crippen LogP) is 2.90. The van der Waals surface area contributed by atoms with Gasteiger partial charge in [0, 0.05) is 25.2 Å². The van der Waals surface area contributed by atoms with Crippen molar-refractivity contribution in [2.75, 3.05) is 37.7 Å².